The van der Waals surface area contributed by atoms with Crippen molar-refractivity contribution in [1.82, 2.24) is 10.3 Å². The number of hydrogen-bond acceptors (Lipinski definition) is 2. The number of H-pyrrole nitrogens is 1. The van der Waals surface area contributed by atoms with Crippen LogP contribution in [-0.2, 0) is 11.2 Å². The van der Waals surface area contributed by atoms with Crippen LogP contribution < -0.4 is 5.32 Å². The summed E-state index contributed by atoms with van der Waals surface area (Å²) in [6, 6.07) is 9.68. The molecule has 1 aliphatic heterocycles. The van der Waals surface area contributed by atoms with Gasteiger partial charge < -0.3 is 15.0 Å². The molecule has 1 aliphatic carbocycles. The molecule has 2 heterocycles. The summed E-state index contributed by atoms with van der Waals surface area (Å²) in [5.41, 5.74) is 4.23. The molecule has 2 unspecified atom stereocenters. The second-order valence-corrected chi connectivity index (χ2v) is 6.09. The number of aromatic amines is 1. The van der Waals surface area contributed by atoms with Crippen molar-refractivity contribution in [2.45, 2.75) is 44.2 Å². The Labute approximate surface area is 119 Å². The monoisotopic (exact) mass is 270 g/mol. The zero-order chi connectivity index (χ0) is 13.4. The fourth-order valence-electron chi connectivity index (χ4n) is 3.74. The van der Waals surface area contributed by atoms with E-state index in [0.717, 1.165) is 13.2 Å². The lowest BCUT2D eigenvalue weighted by atomic mass is 9.91. The average molecular weight is 270 g/mol. The van der Waals surface area contributed by atoms with Crippen molar-refractivity contribution in [2.24, 2.45) is 0 Å². The summed E-state index contributed by atoms with van der Waals surface area (Å²) in [5, 5.41) is 5.23. The fourth-order valence-corrected chi connectivity index (χ4v) is 3.74. The lowest BCUT2D eigenvalue weighted by molar-refractivity contribution is 0.0652. The highest BCUT2D eigenvalue weighted by atomic mass is 16.5. The van der Waals surface area contributed by atoms with Gasteiger partial charge in [0.1, 0.15) is 0 Å². The maximum Gasteiger partial charge on any atom is 0.0619 e. The first-order valence-corrected chi connectivity index (χ1v) is 7.85. The standard InChI is InChI=1S/C17H22N2O/c1-2-8-15-13(6-1)14-7-3-9-16(17(14)19-15)18-12-5-4-10-20-11-12/h1-2,6,8,12,16,18-19H,3-5,7,9-11H2. The highest BCUT2D eigenvalue weighted by Gasteiger charge is 2.26. The van der Waals surface area contributed by atoms with Gasteiger partial charge in [-0.1, -0.05) is 18.2 Å². The van der Waals surface area contributed by atoms with Crippen molar-refractivity contribution >= 4 is 10.9 Å². The van der Waals surface area contributed by atoms with Crippen LogP contribution in [0.1, 0.15) is 43.0 Å². The quantitative estimate of drug-likeness (QED) is 0.878. The number of aromatic nitrogens is 1. The zero-order valence-corrected chi connectivity index (χ0v) is 11.8. The van der Waals surface area contributed by atoms with Crippen molar-refractivity contribution in [3.63, 3.8) is 0 Å². The molecule has 1 aromatic heterocycles. The third-order valence-corrected chi connectivity index (χ3v) is 4.71. The van der Waals surface area contributed by atoms with Gasteiger partial charge in [0.15, 0.2) is 0 Å². The molecule has 1 aromatic carbocycles. The predicted octanol–water partition coefficient (Wildman–Crippen LogP) is 3.31. The van der Waals surface area contributed by atoms with E-state index >= 15 is 0 Å². The maximum atomic E-state index is 5.60. The first-order valence-electron chi connectivity index (χ1n) is 7.85. The molecule has 0 amide bonds. The maximum absolute atomic E-state index is 5.60. The minimum Gasteiger partial charge on any atom is -0.380 e. The lowest BCUT2D eigenvalue weighted by Gasteiger charge is -2.31. The second-order valence-electron chi connectivity index (χ2n) is 6.09. The van der Waals surface area contributed by atoms with Crippen LogP contribution in [-0.4, -0.2) is 24.2 Å². The van der Waals surface area contributed by atoms with Crippen LogP contribution >= 0.6 is 0 Å². The predicted molar refractivity (Wildman–Crippen MR) is 81.0 cm³/mol. The van der Waals surface area contributed by atoms with E-state index in [1.54, 1.807) is 0 Å². The lowest BCUT2D eigenvalue weighted by Crippen LogP contribution is -2.40. The number of nitrogens with one attached hydrogen (secondary N) is 2. The third kappa shape index (κ3) is 2.15. The zero-order valence-electron chi connectivity index (χ0n) is 11.8. The van der Waals surface area contributed by atoms with Crippen LogP contribution in [0.4, 0.5) is 0 Å². The van der Waals surface area contributed by atoms with Crippen molar-refractivity contribution in [3.05, 3.63) is 35.5 Å². The molecule has 3 nitrogen and oxygen atoms in total. The van der Waals surface area contributed by atoms with E-state index in [0.29, 0.717) is 12.1 Å². The summed E-state index contributed by atoms with van der Waals surface area (Å²) in [7, 11) is 0. The average Bonchev–Trinajstić information content (AvgIpc) is 2.88. The van der Waals surface area contributed by atoms with E-state index in [1.807, 2.05) is 0 Å². The molecule has 4 rings (SSSR count). The molecule has 1 saturated heterocycles. The Bertz CT molecular complexity index is 598. The fraction of sp³-hybridized carbons (Fsp3) is 0.529. The van der Waals surface area contributed by atoms with Gasteiger partial charge in [-0.3, -0.25) is 0 Å². The van der Waals surface area contributed by atoms with Crippen LogP contribution in [0.3, 0.4) is 0 Å². The number of para-hydroxylation sites is 1. The van der Waals surface area contributed by atoms with Gasteiger partial charge in [0, 0.05) is 35.3 Å². The molecule has 0 spiro atoms. The van der Waals surface area contributed by atoms with E-state index < -0.39 is 0 Å². The van der Waals surface area contributed by atoms with E-state index in [2.05, 4.69) is 34.6 Å². The molecule has 2 atom stereocenters. The topological polar surface area (TPSA) is 37.0 Å². The van der Waals surface area contributed by atoms with Crippen molar-refractivity contribution in [2.75, 3.05) is 13.2 Å². The van der Waals surface area contributed by atoms with E-state index in [4.69, 9.17) is 4.74 Å². The Morgan fingerprint density at radius 2 is 2.10 bits per heavy atom. The summed E-state index contributed by atoms with van der Waals surface area (Å²) >= 11 is 0. The summed E-state index contributed by atoms with van der Waals surface area (Å²) in [5.74, 6) is 0. The molecule has 0 radical (unpaired) electrons. The molecule has 20 heavy (non-hydrogen) atoms. The third-order valence-electron chi connectivity index (χ3n) is 4.71. The summed E-state index contributed by atoms with van der Waals surface area (Å²) in [6.07, 6.45) is 6.14. The van der Waals surface area contributed by atoms with Crippen LogP contribution in [0, 0.1) is 0 Å². The van der Waals surface area contributed by atoms with E-state index in [1.165, 1.54) is 54.3 Å². The summed E-state index contributed by atoms with van der Waals surface area (Å²) in [4.78, 5) is 3.65. The van der Waals surface area contributed by atoms with Gasteiger partial charge >= 0.3 is 0 Å². The molecule has 1 fully saturated rings. The summed E-state index contributed by atoms with van der Waals surface area (Å²) in [6.45, 7) is 1.80. The Morgan fingerprint density at radius 1 is 1.15 bits per heavy atom. The number of benzene rings is 1. The Kier molecular flexibility index (Phi) is 3.25. The minimum absolute atomic E-state index is 0.470. The number of ether oxygens (including phenoxy) is 1. The van der Waals surface area contributed by atoms with Crippen molar-refractivity contribution in [1.29, 1.82) is 0 Å². The molecular formula is C17H22N2O. The van der Waals surface area contributed by atoms with Gasteiger partial charge in [-0.05, 0) is 43.7 Å². The largest absolute Gasteiger partial charge is 0.380 e. The van der Waals surface area contributed by atoms with Crippen LogP contribution in [0.15, 0.2) is 24.3 Å². The molecule has 2 aliphatic rings. The number of hydrogen-bond donors (Lipinski definition) is 2. The van der Waals surface area contributed by atoms with Gasteiger partial charge in [-0.2, -0.15) is 0 Å². The molecule has 2 aromatic rings. The second kappa shape index (κ2) is 5.23. The van der Waals surface area contributed by atoms with E-state index in [-0.39, 0.29) is 0 Å². The highest BCUT2D eigenvalue weighted by Crippen LogP contribution is 2.35. The van der Waals surface area contributed by atoms with Gasteiger partial charge in [-0.25, -0.2) is 0 Å². The van der Waals surface area contributed by atoms with Gasteiger partial charge in [-0.15, -0.1) is 0 Å². The first kappa shape index (κ1) is 12.4. The number of aryl methyl sites for hydroxylation is 1. The molecule has 3 heteroatoms. The number of fused-ring (bicyclic) bond motifs is 3. The molecular weight excluding hydrogens is 248 g/mol. The summed E-state index contributed by atoms with van der Waals surface area (Å²) < 4.78 is 5.60. The number of rotatable bonds is 2. The Balaban J connectivity index is 1.63. The smallest absolute Gasteiger partial charge is 0.0619 e. The SMILES string of the molecule is c1ccc2c3c([nH]c2c1)C(NC1CCCOC1)CCC3. The first-order chi connectivity index (χ1) is 9.92. The highest BCUT2D eigenvalue weighted by molar-refractivity contribution is 5.85. The van der Waals surface area contributed by atoms with Crippen molar-refractivity contribution < 1.29 is 4.74 Å². The molecule has 2 N–H and O–H groups in total. The Hall–Kier alpha value is -1.32. The van der Waals surface area contributed by atoms with Crippen molar-refractivity contribution in [3.8, 4) is 0 Å². The minimum atomic E-state index is 0.470. The van der Waals surface area contributed by atoms with Gasteiger partial charge in [0.05, 0.1) is 6.61 Å². The van der Waals surface area contributed by atoms with Crippen LogP contribution in [0.2, 0.25) is 0 Å². The molecule has 0 bridgehead atoms. The van der Waals surface area contributed by atoms with Gasteiger partial charge in [0.25, 0.3) is 0 Å². The van der Waals surface area contributed by atoms with E-state index in [9.17, 15) is 0 Å². The van der Waals surface area contributed by atoms with Crippen LogP contribution in [0.5, 0.6) is 0 Å². The Morgan fingerprint density at radius 3 is 3.00 bits per heavy atom. The molecule has 0 saturated carbocycles. The van der Waals surface area contributed by atoms with Gasteiger partial charge in [0.2, 0.25) is 0 Å². The normalized spacial score (nSPS) is 26.6. The van der Waals surface area contributed by atoms with Crippen LogP contribution in [0.25, 0.3) is 10.9 Å². The molecule has 106 valence electrons.